The lowest BCUT2D eigenvalue weighted by Crippen LogP contribution is -2.18. The van der Waals surface area contributed by atoms with Gasteiger partial charge in [-0.05, 0) is 25.9 Å². The lowest BCUT2D eigenvalue weighted by molar-refractivity contribution is 0.545. The fraction of sp³-hybridized carbons (Fsp3) is 1.00. The van der Waals surface area contributed by atoms with Crippen molar-refractivity contribution in [1.29, 1.82) is 0 Å². The first kappa shape index (κ1) is 11.8. The first-order chi connectivity index (χ1) is 5.56. The van der Waals surface area contributed by atoms with E-state index in [1.54, 1.807) is 0 Å². The van der Waals surface area contributed by atoms with Gasteiger partial charge in [-0.25, -0.2) is 0 Å². The molecule has 0 fully saturated rings. The van der Waals surface area contributed by atoms with Gasteiger partial charge in [-0.3, -0.25) is 0 Å². The third kappa shape index (κ3) is 9.84. The molecule has 0 aromatic heterocycles. The SMILES string of the molecule is CCCCNCCCS(=O)(=O)F. The molecule has 12 heavy (non-hydrogen) atoms. The first-order valence-corrected chi connectivity index (χ1v) is 5.74. The Morgan fingerprint density at radius 3 is 2.33 bits per heavy atom. The molecule has 0 atom stereocenters. The summed E-state index contributed by atoms with van der Waals surface area (Å²) in [5, 5.41) is 3.03. The van der Waals surface area contributed by atoms with Crippen molar-refractivity contribution >= 4 is 10.2 Å². The number of hydrogen-bond donors (Lipinski definition) is 1. The van der Waals surface area contributed by atoms with Crippen LogP contribution < -0.4 is 5.32 Å². The van der Waals surface area contributed by atoms with Crippen LogP contribution in [0.5, 0.6) is 0 Å². The molecule has 0 saturated carbocycles. The average Bonchev–Trinajstić information content (AvgIpc) is 1.94. The third-order valence-electron chi connectivity index (χ3n) is 1.45. The van der Waals surface area contributed by atoms with Gasteiger partial charge in [0.2, 0.25) is 0 Å². The Morgan fingerprint density at radius 2 is 1.83 bits per heavy atom. The van der Waals surface area contributed by atoms with Crippen LogP contribution in [-0.2, 0) is 10.2 Å². The van der Waals surface area contributed by atoms with Crippen LogP contribution in [0.1, 0.15) is 26.2 Å². The summed E-state index contributed by atoms with van der Waals surface area (Å²) in [6.45, 7) is 3.53. The first-order valence-electron chi connectivity index (χ1n) is 4.19. The Kier molecular flexibility index (Phi) is 6.28. The van der Waals surface area contributed by atoms with Gasteiger partial charge in [0.25, 0.3) is 0 Å². The maximum Gasteiger partial charge on any atom is 0.302 e. The zero-order valence-electron chi connectivity index (χ0n) is 7.35. The summed E-state index contributed by atoms with van der Waals surface area (Å²) >= 11 is 0. The van der Waals surface area contributed by atoms with Crippen molar-refractivity contribution < 1.29 is 12.3 Å². The van der Waals surface area contributed by atoms with Crippen molar-refractivity contribution in [3.8, 4) is 0 Å². The summed E-state index contributed by atoms with van der Waals surface area (Å²) < 4.78 is 32.0. The number of unbranched alkanes of at least 4 members (excludes halogenated alkanes) is 1. The van der Waals surface area contributed by atoms with E-state index in [0.29, 0.717) is 13.0 Å². The molecule has 74 valence electrons. The number of nitrogens with one attached hydrogen (secondary N) is 1. The standard InChI is InChI=1S/C7H16FNO2S/c1-2-3-5-9-6-4-7-12(8,10)11/h9H,2-7H2,1H3. The minimum atomic E-state index is -4.26. The van der Waals surface area contributed by atoms with Gasteiger partial charge in [0.15, 0.2) is 0 Å². The molecular weight excluding hydrogens is 181 g/mol. The normalized spacial score (nSPS) is 11.8. The Morgan fingerprint density at radius 1 is 1.25 bits per heavy atom. The van der Waals surface area contributed by atoms with E-state index in [0.717, 1.165) is 19.4 Å². The van der Waals surface area contributed by atoms with Gasteiger partial charge in [0.1, 0.15) is 0 Å². The van der Waals surface area contributed by atoms with E-state index in [2.05, 4.69) is 12.2 Å². The Labute approximate surface area is 73.6 Å². The summed E-state index contributed by atoms with van der Waals surface area (Å²) in [5.41, 5.74) is 0. The van der Waals surface area contributed by atoms with Crippen LogP contribution in [0.15, 0.2) is 0 Å². The van der Waals surface area contributed by atoms with E-state index >= 15 is 0 Å². The lowest BCUT2D eigenvalue weighted by Gasteiger charge is -2.00. The van der Waals surface area contributed by atoms with E-state index in [4.69, 9.17) is 0 Å². The summed E-state index contributed by atoms with van der Waals surface area (Å²) in [5.74, 6) is -0.369. The van der Waals surface area contributed by atoms with E-state index in [-0.39, 0.29) is 5.75 Å². The highest BCUT2D eigenvalue weighted by atomic mass is 32.3. The molecular formula is C7H16FNO2S. The molecule has 0 unspecified atom stereocenters. The second-order valence-electron chi connectivity index (χ2n) is 2.70. The van der Waals surface area contributed by atoms with E-state index in [1.165, 1.54) is 0 Å². The molecule has 0 aromatic carbocycles. The topological polar surface area (TPSA) is 46.2 Å². The van der Waals surface area contributed by atoms with Crippen LogP contribution in [0, 0.1) is 0 Å². The van der Waals surface area contributed by atoms with Crippen molar-refractivity contribution in [1.82, 2.24) is 5.32 Å². The van der Waals surface area contributed by atoms with Crippen molar-refractivity contribution in [2.45, 2.75) is 26.2 Å². The van der Waals surface area contributed by atoms with Crippen molar-refractivity contribution in [3.63, 3.8) is 0 Å². The maximum absolute atomic E-state index is 11.9. The second-order valence-corrected chi connectivity index (χ2v) is 4.19. The zero-order valence-corrected chi connectivity index (χ0v) is 8.16. The van der Waals surface area contributed by atoms with Crippen molar-refractivity contribution in [2.24, 2.45) is 0 Å². The Hall–Kier alpha value is -0.160. The van der Waals surface area contributed by atoms with Gasteiger partial charge in [-0.1, -0.05) is 13.3 Å². The molecule has 0 aromatic rings. The molecule has 0 spiro atoms. The molecule has 0 rings (SSSR count). The number of rotatable bonds is 7. The lowest BCUT2D eigenvalue weighted by atomic mass is 10.3. The van der Waals surface area contributed by atoms with Crippen LogP contribution in [0.25, 0.3) is 0 Å². The minimum absolute atomic E-state index is 0.350. The predicted octanol–water partition coefficient (Wildman–Crippen LogP) is 1.07. The van der Waals surface area contributed by atoms with Gasteiger partial charge in [0.05, 0.1) is 5.75 Å². The zero-order chi connectivity index (χ0) is 9.45. The minimum Gasteiger partial charge on any atom is -0.317 e. The van der Waals surface area contributed by atoms with Crippen LogP contribution in [0.2, 0.25) is 0 Å². The molecule has 5 heteroatoms. The van der Waals surface area contributed by atoms with E-state index < -0.39 is 10.2 Å². The fourth-order valence-electron chi connectivity index (χ4n) is 0.796. The van der Waals surface area contributed by atoms with Crippen LogP contribution in [-0.4, -0.2) is 27.3 Å². The maximum atomic E-state index is 11.9. The van der Waals surface area contributed by atoms with Gasteiger partial charge < -0.3 is 5.32 Å². The average molecular weight is 197 g/mol. The summed E-state index contributed by atoms with van der Waals surface area (Å²) in [4.78, 5) is 0. The smallest absolute Gasteiger partial charge is 0.302 e. The molecule has 0 aliphatic carbocycles. The van der Waals surface area contributed by atoms with Crippen LogP contribution >= 0.6 is 0 Å². The van der Waals surface area contributed by atoms with Crippen LogP contribution in [0.4, 0.5) is 3.89 Å². The molecule has 0 amide bonds. The van der Waals surface area contributed by atoms with E-state index in [1.807, 2.05) is 0 Å². The predicted molar refractivity (Wildman–Crippen MR) is 47.3 cm³/mol. The largest absolute Gasteiger partial charge is 0.317 e. The van der Waals surface area contributed by atoms with E-state index in [9.17, 15) is 12.3 Å². The highest BCUT2D eigenvalue weighted by molar-refractivity contribution is 7.86. The second kappa shape index (κ2) is 6.37. The molecule has 0 radical (unpaired) electrons. The Bertz CT molecular complexity index is 192. The quantitative estimate of drug-likeness (QED) is 0.490. The molecule has 0 heterocycles. The summed E-state index contributed by atoms with van der Waals surface area (Å²) in [6.07, 6.45) is 2.53. The number of halogens is 1. The molecule has 3 nitrogen and oxygen atoms in total. The summed E-state index contributed by atoms with van der Waals surface area (Å²) in [7, 11) is -4.26. The molecule has 0 bridgehead atoms. The van der Waals surface area contributed by atoms with Crippen LogP contribution in [0.3, 0.4) is 0 Å². The Balaban J connectivity index is 3.12. The molecule has 0 aliphatic rings. The van der Waals surface area contributed by atoms with Gasteiger partial charge >= 0.3 is 10.2 Å². The molecule has 1 N–H and O–H groups in total. The third-order valence-corrected chi connectivity index (χ3v) is 2.23. The summed E-state index contributed by atoms with van der Waals surface area (Å²) in [6, 6.07) is 0. The van der Waals surface area contributed by atoms with Crippen molar-refractivity contribution in [2.75, 3.05) is 18.8 Å². The molecule has 0 aliphatic heterocycles. The highest BCUT2D eigenvalue weighted by Crippen LogP contribution is 1.93. The number of hydrogen-bond acceptors (Lipinski definition) is 3. The fourth-order valence-corrected chi connectivity index (χ4v) is 1.29. The molecule has 0 saturated heterocycles. The highest BCUT2D eigenvalue weighted by Gasteiger charge is 2.04. The van der Waals surface area contributed by atoms with Gasteiger partial charge in [0, 0.05) is 0 Å². The van der Waals surface area contributed by atoms with Crippen molar-refractivity contribution in [3.05, 3.63) is 0 Å². The van der Waals surface area contributed by atoms with Gasteiger partial charge in [-0.15, -0.1) is 3.89 Å². The van der Waals surface area contributed by atoms with Gasteiger partial charge in [-0.2, -0.15) is 8.42 Å². The monoisotopic (exact) mass is 197 g/mol.